The molecule has 1 fully saturated rings. The molecule has 2 aromatic rings. The maximum absolute atomic E-state index is 11.5. The van der Waals surface area contributed by atoms with Crippen molar-refractivity contribution in [1.82, 2.24) is 0 Å². The van der Waals surface area contributed by atoms with Crippen molar-refractivity contribution in [3.05, 3.63) is 60.2 Å². The summed E-state index contributed by atoms with van der Waals surface area (Å²) in [5, 5.41) is 15.6. The van der Waals surface area contributed by atoms with Crippen molar-refractivity contribution in [3.63, 3.8) is 0 Å². The number of hydrogen-bond donors (Lipinski definition) is 2. The summed E-state index contributed by atoms with van der Waals surface area (Å²) in [6, 6.07) is 17.7. The summed E-state index contributed by atoms with van der Waals surface area (Å²) in [7, 11) is -3.63. The molecule has 0 spiro atoms. The van der Waals surface area contributed by atoms with Gasteiger partial charge in [0.15, 0.2) is 0 Å². The molecule has 0 amide bonds. The second-order valence-electron chi connectivity index (χ2n) is 6.72. The Morgan fingerprint density at radius 1 is 1.16 bits per heavy atom. The highest BCUT2D eigenvalue weighted by atomic mass is 32.2. The normalized spacial score (nSPS) is 25.0. The van der Waals surface area contributed by atoms with E-state index in [0.717, 1.165) is 16.7 Å². The first-order chi connectivity index (χ1) is 11.8. The van der Waals surface area contributed by atoms with Crippen molar-refractivity contribution in [1.29, 1.82) is 0 Å². The van der Waals surface area contributed by atoms with Crippen molar-refractivity contribution >= 4 is 10.0 Å². The molecule has 1 heterocycles. The standard InChI is InChI=1S/C19H23NO4S/c1-14(25(20,22)23)11-18-12-24-13-19(18,21)17-9-7-16(8-10-17)15-5-3-2-4-6-15/h2-10,14,18,21H,11-13H2,1H3,(H2,20,22,23)/t14?,18-,19+/m1/s1. The van der Waals surface area contributed by atoms with E-state index in [1.54, 1.807) is 6.92 Å². The summed E-state index contributed by atoms with van der Waals surface area (Å²) in [5.74, 6) is -0.316. The molecular weight excluding hydrogens is 338 g/mol. The predicted molar refractivity (Wildman–Crippen MR) is 97.3 cm³/mol. The first-order valence-electron chi connectivity index (χ1n) is 8.28. The largest absolute Gasteiger partial charge is 0.382 e. The van der Waals surface area contributed by atoms with Gasteiger partial charge >= 0.3 is 0 Å². The van der Waals surface area contributed by atoms with Crippen LogP contribution in [-0.2, 0) is 20.4 Å². The molecule has 0 saturated carbocycles. The Hall–Kier alpha value is -1.73. The van der Waals surface area contributed by atoms with E-state index in [1.165, 1.54) is 0 Å². The van der Waals surface area contributed by atoms with Crippen molar-refractivity contribution in [2.24, 2.45) is 11.1 Å². The summed E-state index contributed by atoms with van der Waals surface area (Å²) in [5.41, 5.74) is 1.69. The Bertz CT molecular complexity index is 820. The fraction of sp³-hybridized carbons (Fsp3) is 0.368. The number of sulfonamides is 1. The quantitative estimate of drug-likeness (QED) is 0.855. The van der Waals surface area contributed by atoms with Gasteiger partial charge in [0.2, 0.25) is 10.0 Å². The second kappa shape index (κ2) is 6.88. The summed E-state index contributed by atoms with van der Waals surface area (Å²) in [4.78, 5) is 0. The van der Waals surface area contributed by atoms with E-state index in [1.807, 2.05) is 54.6 Å². The zero-order valence-electron chi connectivity index (χ0n) is 14.1. The average molecular weight is 361 g/mol. The summed E-state index contributed by atoms with van der Waals surface area (Å²) in [6.07, 6.45) is 0.260. The van der Waals surface area contributed by atoms with Crippen LogP contribution in [0.15, 0.2) is 54.6 Å². The van der Waals surface area contributed by atoms with Crippen LogP contribution in [0.2, 0.25) is 0 Å². The monoisotopic (exact) mass is 361 g/mol. The Balaban J connectivity index is 1.84. The van der Waals surface area contributed by atoms with Crippen LogP contribution < -0.4 is 5.14 Å². The van der Waals surface area contributed by atoms with Gasteiger partial charge in [0.05, 0.1) is 18.5 Å². The fourth-order valence-electron chi connectivity index (χ4n) is 3.31. The lowest BCUT2D eigenvalue weighted by Gasteiger charge is -2.30. The van der Waals surface area contributed by atoms with Crippen LogP contribution in [0.5, 0.6) is 0 Å². The predicted octanol–water partition coefficient (Wildman–Crippen LogP) is 2.25. The topological polar surface area (TPSA) is 89.6 Å². The number of nitrogens with two attached hydrogens (primary N) is 1. The Kier molecular flexibility index (Phi) is 4.97. The zero-order valence-corrected chi connectivity index (χ0v) is 14.9. The molecule has 3 atom stereocenters. The molecule has 3 rings (SSSR count). The highest BCUT2D eigenvalue weighted by Crippen LogP contribution is 2.39. The van der Waals surface area contributed by atoms with Crippen LogP contribution in [-0.4, -0.2) is 32.0 Å². The number of ether oxygens (including phenoxy) is 1. The van der Waals surface area contributed by atoms with Gasteiger partial charge in [-0.15, -0.1) is 0 Å². The lowest BCUT2D eigenvalue weighted by atomic mass is 9.81. The van der Waals surface area contributed by atoms with Crippen LogP contribution in [0.4, 0.5) is 0 Å². The molecule has 1 unspecified atom stereocenters. The maximum Gasteiger partial charge on any atom is 0.211 e. The molecule has 0 aliphatic carbocycles. The number of rotatable bonds is 5. The third-order valence-corrected chi connectivity index (χ3v) is 6.30. The van der Waals surface area contributed by atoms with Crippen molar-refractivity contribution < 1.29 is 18.3 Å². The first kappa shape index (κ1) is 18.1. The third-order valence-electron chi connectivity index (χ3n) is 4.99. The molecule has 1 aliphatic heterocycles. The molecule has 3 N–H and O–H groups in total. The van der Waals surface area contributed by atoms with Gasteiger partial charge in [0.25, 0.3) is 0 Å². The smallest absolute Gasteiger partial charge is 0.211 e. The van der Waals surface area contributed by atoms with Gasteiger partial charge < -0.3 is 9.84 Å². The number of benzene rings is 2. The zero-order chi connectivity index (χ0) is 18.1. The Morgan fingerprint density at radius 2 is 1.76 bits per heavy atom. The van der Waals surface area contributed by atoms with E-state index in [-0.39, 0.29) is 18.9 Å². The molecule has 1 saturated heterocycles. The van der Waals surface area contributed by atoms with Gasteiger partial charge in [0.1, 0.15) is 5.60 Å². The molecule has 0 radical (unpaired) electrons. The van der Waals surface area contributed by atoms with Gasteiger partial charge in [-0.05, 0) is 30.0 Å². The molecule has 134 valence electrons. The molecule has 1 aliphatic rings. The number of primary sulfonamides is 1. The lowest BCUT2D eigenvalue weighted by Crippen LogP contribution is -2.38. The minimum absolute atomic E-state index is 0.152. The van der Waals surface area contributed by atoms with Crippen LogP contribution >= 0.6 is 0 Å². The highest BCUT2D eigenvalue weighted by molar-refractivity contribution is 7.89. The van der Waals surface area contributed by atoms with E-state index in [0.29, 0.717) is 6.61 Å². The van der Waals surface area contributed by atoms with Crippen LogP contribution in [0.3, 0.4) is 0 Å². The molecule has 6 heteroatoms. The Labute approximate surface area is 148 Å². The van der Waals surface area contributed by atoms with Gasteiger partial charge in [-0.1, -0.05) is 54.6 Å². The number of hydrogen-bond acceptors (Lipinski definition) is 4. The van der Waals surface area contributed by atoms with E-state index in [2.05, 4.69) is 0 Å². The van der Waals surface area contributed by atoms with Crippen molar-refractivity contribution in [2.75, 3.05) is 13.2 Å². The van der Waals surface area contributed by atoms with Gasteiger partial charge in [-0.3, -0.25) is 0 Å². The van der Waals surface area contributed by atoms with E-state index >= 15 is 0 Å². The SMILES string of the molecule is CC(C[C@@H]1COC[C@]1(O)c1ccc(-c2ccccc2)cc1)S(N)(=O)=O. The molecular formula is C19H23NO4S. The van der Waals surface area contributed by atoms with Crippen molar-refractivity contribution in [3.8, 4) is 11.1 Å². The van der Waals surface area contributed by atoms with E-state index in [9.17, 15) is 13.5 Å². The van der Waals surface area contributed by atoms with Crippen LogP contribution in [0, 0.1) is 5.92 Å². The van der Waals surface area contributed by atoms with Gasteiger partial charge in [0, 0.05) is 5.92 Å². The van der Waals surface area contributed by atoms with Gasteiger partial charge in [-0.25, -0.2) is 13.6 Å². The molecule has 2 aromatic carbocycles. The minimum Gasteiger partial charge on any atom is -0.382 e. The fourth-order valence-corrected chi connectivity index (χ4v) is 3.81. The molecule has 0 bridgehead atoms. The summed E-state index contributed by atoms with van der Waals surface area (Å²) < 4.78 is 28.5. The minimum atomic E-state index is -3.63. The van der Waals surface area contributed by atoms with E-state index < -0.39 is 20.9 Å². The summed E-state index contributed by atoms with van der Waals surface area (Å²) >= 11 is 0. The molecule has 5 nitrogen and oxygen atoms in total. The van der Waals surface area contributed by atoms with E-state index in [4.69, 9.17) is 9.88 Å². The van der Waals surface area contributed by atoms with Crippen LogP contribution in [0.25, 0.3) is 11.1 Å². The number of aliphatic hydroxyl groups is 1. The molecule has 0 aromatic heterocycles. The molecule has 25 heavy (non-hydrogen) atoms. The summed E-state index contributed by atoms with van der Waals surface area (Å²) in [6.45, 7) is 2.03. The Morgan fingerprint density at radius 3 is 2.36 bits per heavy atom. The van der Waals surface area contributed by atoms with Gasteiger partial charge in [-0.2, -0.15) is 0 Å². The highest BCUT2D eigenvalue weighted by Gasteiger charge is 2.45. The third kappa shape index (κ3) is 3.77. The van der Waals surface area contributed by atoms with Crippen molar-refractivity contribution in [2.45, 2.75) is 24.2 Å². The van der Waals surface area contributed by atoms with Crippen LogP contribution in [0.1, 0.15) is 18.9 Å². The maximum atomic E-state index is 11.5. The average Bonchev–Trinajstić information content (AvgIpc) is 2.97. The second-order valence-corrected chi connectivity index (χ2v) is 8.70. The lowest BCUT2D eigenvalue weighted by molar-refractivity contribution is -0.00577. The first-order valence-corrected chi connectivity index (χ1v) is 9.89.